The van der Waals surface area contributed by atoms with Crippen molar-refractivity contribution in [3.8, 4) is 0 Å². The van der Waals surface area contributed by atoms with Gasteiger partial charge in [0.05, 0.1) is 85.7 Å². The van der Waals surface area contributed by atoms with E-state index in [0.717, 1.165) is 10.8 Å². The number of hydrogen-bond acceptors (Lipinski definition) is 12. The maximum absolute atomic E-state index is 11.8. The fourth-order valence-electron chi connectivity index (χ4n) is 2.73. The van der Waals surface area contributed by atoms with Crippen molar-refractivity contribution in [3.05, 3.63) is 24.4 Å². The zero-order valence-electron chi connectivity index (χ0n) is 24.1. The first kappa shape index (κ1) is 36.6. The SMILES string of the molecule is CC(C)(C)OC(=O)CCOCCOCCOCCOCCOCCOCCNC(=O)CCSSc1ccccn1. The molecular formula is C27H46N2O9S2. The predicted octanol–water partition coefficient (Wildman–Crippen LogP) is 3.16. The smallest absolute Gasteiger partial charge is 0.308 e. The third-order valence-electron chi connectivity index (χ3n) is 4.49. The van der Waals surface area contributed by atoms with Crippen LogP contribution in [0.4, 0.5) is 0 Å². The van der Waals surface area contributed by atoms with Crippen molar-refractivity contribution in [3.63, 3.8) is 0 Å². The van der Waals surface area contributed by atoms with Crippen LogP contribution >= 0.6 is 21.6 Å². The summed E-state index contributed by atoms with van der Waals surface area (Å²) in [5.74, 6) is 0.472. The zero-order valence-corrected chi connectivity index (χ0v) is 25.7. The van der Waals surface area contributed by atoms with Gasteiger partial charge in [0.15, 0.2) is 0 Å². The van der Waals surface area contributed by atoms with Crippen LogP contribution in [0.1, 0.15) is 33.6 Å². The van der Waals surface area contributed by atoms with E-state index in [1.807, 2.05) is 39.0 Å². The second kappa shape index (κ2) is 25.3. The van der Waals surface area contributed by atoms with Gasteiger partial charge in [0, 0.05) is 24.9 Å². The van der Waals surface area contributed by atoms with E-state index in [4.69, 9.17) is 33.2 Å². The standard InChI is InChI=1S/C27H46N2O9S2/c1-27(2,3)38-26(31)7-11-32-13-15-34-17-19-36-21-22-37-20-18-35-16-14-33-12-10-28-24(30)8-23-39-40-25-6-4-5-9-29-25/h4-6,9H,7-8,10-23H2,1-3H3,(H,28,30). The summed E-state index contributed by atoms with van der Waals surface area (Å²) < 4.78 is 37.8. The second-order valence-corrected chi connectivity index (χ2v) is 11.6. The molecule has 13 heteroatoms. The molecule has 0 spiro atoms. The summed E-state index contributed by atoms with van der Waals surface area (Å²) in [7, 11) is 3.18. The lowest BCUT2D eigenvalue weighted by atomic mass is 10.2. The van der Waals surface area contributed by atoms with Crippen LogP contribution in [-0.2, 0) is 42.7 Å². The third-order valence-corrected chi connectivity index (χ3v) is 6.76. The largest absolute Gasteiger partial charge is 0.460 e. The number of pyridine rings is 1. The highest BCUT2D eigenvalue weighted by atomic mass is 33.1. The van der Waals surface area contributed by atoms with E-state index in [-0.39, 0.29) is 18.3 Å². The van der Waals surface area contributed by atoms with E-state index in [0.29, 0.717) is 92.2 Å². The number of amides is 1. The van der Waals surface area contributed by atoms with Crippen molar-refractivity contribution < 1.29 is 42.7 Å². The highest BCUT2D eigenvalue weighted by Gasteiger charge is 2.15. The number of nitrogens with zero attached hydrogens (tertiary/aromatic N) is 1. The molecule has 0 aliphatic carbocycles. The number of nitrogens with one attached hydrogen (secondary N) is 1. The molecule has 11 nitrogen and oxygen atoms in total. The van der Waals surface area contributed by atoms with Gasteiger partial charge in [-0.1, -0.05) is 16.9 Å². The van der Waals surface area contributed by atoms with Gasteiger partial charge in [0.2, 0.25) is 5.91 Å². The van der Waals surface area contributed by atoms with Gasteiger partial charge in [0.25, 0.3) is 0 Å². The Morgan fingerprint density at radius 3 is 1.77 bits per heavy atom. The minimum Gasteiger partial charge on any atom is -0.460 e. The molecule has 1 amide bonds. The molecule has 0 atom stereocenters. The molecule has 0 aliphatic rings. The summed E-state index contributed by atoms with van der Waals surface area (Å²) in [6.45, 7) is 11.4. The van der Waals surface area contributed by atoms with Crippen molar-refractivity contribution >= 4 is 33.5 Å². The lowest BCUT2D eigenvalue weighted by Gasteiger charge is -2.19. The fourth-order valence-corrected chi connectivity index (χ4v) is 4.60. The summed E-state index contributed by atoms with van der Waals surface area (Å²) in [6, 6.07) is 5.77. The lowest BCUT2D eigenvalue weighted by Crippen LogP contribution is -2.27. The van der Waals surface area contributed by atoms with Crippen LogP contribution < -0.4 is 5.32 Å². The number of hydrogen-bond donors (Lipinski definition) is 1. The average molecular weight is 607 g/mol. The molecular weight excluding hydrogens is 560 g/mol. The van der Waals surface area contributed by atoms with E-state index >= 15 is 0 Å². The second-order valence-electron chi connectivity index (χ2n) is 9.18. The number of ether oxygens (including phenoxy) is 7. The van der Waals surface area contributed by atoms with Crippen molar-refractivity contribution in [1.29, 1.82) is 0 Å². The predicted molar refractivity (Wildman–Crippen MR) is 156 cm³/mol. The van der Waals surface area contributed by atoms with Crippen LogP contribution in [0, 0.1) is 0 Å². The summed E-state index contributed by atoms with van der Waals surface area (Å²) in [6.07, 6.45) is 2.45. The number of carbonyl (C=O) groups excluding carboxylic acids is 2. The highest BCUT2D eigenvalue weighted by molar-refractivity contribution is 8.76. The molecule has 0 fully saturated rings. The van der Waals surface area contributed by atoms with Gasteiger partial charge in [-0.05, 0) is 43.7 Å². The Balaban J connectivity index is 1.71. The number of carbonyl (C=O) groups is 2. The molecule has 1 aromatic heterocycles. The molecule has 230 valence electrons. The first-order chi connectivity index (χ1) is 19.4. The number of aromatic nitrogens is 1. The maximum Gasteiger partial charge on any atom is 0.308 e. The first-order valence-electron chi connectivity index (χ1n) is 13.5. The summed E-state index contributed by atoms with van der Waals surface area (Å²) in [5, 5.41) is 3.79. The van der Waals surface area contributed by atoms with E-state index in [1.165, 1.54) is 0 Å². The van der Waals surface area contributed by atoms with Gasteiger partial charge in [-0.15, -0.1) is 0 Å². The van der Waals surface area contributed by atoms with E-state index in [9.17, 15) is 9.59 Å². The van der Waals surface area contributed by atoms with E-state index in [1.54, 1.807) is 27.8 Å². The Hall–Kier alpha value is -1.45. The topological polar surface area (TPSA) is 124 Å². The van der Waals surface area contributed by atoms with Crippen LogP contribution in [0.5, 0.6) is 0 Å². The van der Waals surface area contributed by atoms with Gasteiger partial charge in [-0.3, -0.25) is 9.59 Å². The molecule has 0 unspecified atom stereocenters. The molecule has 0 bridgehead atoms. The molecule has 1 N–H and O–H groups in total. The molecule has 0 radical (unpaired) electrons. The summed E-state index contributed by atoms with van der Waals surface area (Å²) in [5.41, 5.74) is -0.473. The molecule has 0 saturated heterocycles. The van der Waals surface area contributed by atoms with Crippen molar-refractivity contribution in [2.24, 2.45) is 0 Å². The normalized spacial score (nSPS) is 11.5. The minimum atomic E-state index is -0.473. The van der Waals surface area contributed by atoms with Crippen LogP contribution in [-0.4, -0.2) is 114 Å². The van der Waals surface area contributed by atoms with Gasteiger partial charge in [0.1, 0.15) is 10.6 Å². The first-order valence-corrected chi connectivity index (χ1v) is 15.8. The van der Waals surface area contributed by atoms with Gasteiger partial charge in [-0.2, -0.15) is 0 Å². The molecule has 1 heterocycles. The molecule has 0 aromatic carbocycles. The van der Waals surface area contributed by atoms with Crippen LogP contribution in [0.15, 0.2) is 29.4 Å². The number of esters is 1. The molecule has 40 heavy (non-hydrogen) atoms. The van der Waals surface area contributed by atoms with E-state index < -0.39 is 5.60 Å². The number of rotatable bonds is 26. The average Bonchev–Trinajstić information content (AvgIpc) is 2.91. The van der Waals surface area contributed by atoms with Crippen molar-refractivity contribution in [2.45, 2.75) is 44.2 Å². The Morgan fingerprint density at radius 2 is 1.27 bits per heavy atom. The lowest BCUT2D eigenvalue weighted by molar-refractivity contribution is -0.156. The molecule has 1 rings (SSSR count). The third kappa shape index (κ3) is 25.5. The zero-order chi connectivity index (χ0) is 29.2. The molecule has 0 saturated carbocycles. The Kier molecular flexibility index (Phi) is 23.1. The van der Waals surface area contributed by atoms with Crippen molar-refractivity contribution in [2.75, 3.05) is 91.6 Å². The summed E-state index contributed by atoms with van der Waals surface area (Å²) >= 11 is 0. The van der Waals surface area contributed by atoms with Gasteiger partial charge >= 0.3 is 5.97 Å². The Labute approximate surface area is 246 Å². The Bertz CT molecular complexity index is 755. The maximum atomic E-state index is 11.8. The van der Waals surface area contributed by atoms with Gasteiger partial charge < -0.3 is 38.5 Å². The van der Waals surface area contributed by atoms with Crippen LogP contribution in [0.3, 0.4) is 0 Å². The Morgan fingerprint density at radius 1 is 0.750 bits per heavy atom. The van der Waals surface area contributed by atoms with E-state index in [2.05, 4.69) is 10.3 Å². The monoisotopic (exact) mass is 606 g/mol. The highest BCUT2D eigenvalue weighted by Crippen LogP contribution is 2.29. The van der Waals surface area contributed by atoms with Gasteiger partial charge in [-0.25, -0.2) is 4.98 Å². The van der Waals surface area contributed by atoms with Crippen molar-refractivity contribution in [1.82, 2.24) is 10.3 Å². The molecule has 1 aromatic rings. The fraction of sp³-hybridized carbons (Fsp3) is 0.741. The quantitative estimate of drug-likeness (QED) is 0.0947. The molecule has 0 aliphatic heterocycles. The summed E-state index contributed by atoms with van der Waals surface area (Å²) in [4.78, 5) is 27.6. The minimum absolute atomic E-state index is 0.0148. The van der Waals surface area contributed by atoms with Crippen LogP contribution in [0.2, 0.25) is 0 Å². The van der Waals surface area contributed by atoms with Crippen LogP contribution in [0.25, 0.3) is 0 Å².